The minimum atomic E-state index is -5.08. The van der Waals surface area contributed by atoms with Crippen LogP contribution in [0.3, 0.4) is 0 Å². The molecule has 0 aromatic carbocycles. The minimum absolute atomic E-state index is 0.0961. The lowest BCUT2D eigenvalue weighted by atomic mass is 10.2. The maximum absolute atomic E-state index is 13.0. The first-order valence-corrected chi connectivity index (χ1v) is 12.1. The van der Waals surface area contributed by atoms with Gasteiger partial charge in [-0.2, -0.15) is 31.4 Å². The standard InChI is InChI=1S/C18H25N5OS.2C2HF3O2/c1-13-4-5-14(25-13)10-22-11-15-16(12-22)21(3)19-17(15)18(24)23-8-6-20(2)7-9-23;2*3-2(4,5)1(6)7/h4-5H,6-12H2,1-3H3;2*(H,6,7). The maximum atomic E-state index is 13.0. The lowest BCUT2D eigenvalue weighted by Gasteiger charge is -2.32. The molecule has 0 unspecified atom stereocenters. The van der Waals surface area contributed by atoms with Crippen molar-refractivity contribution in [3.8, 4) is 0 Å². The smallest absolute Gasteiger partial charge is 0.475 e. The Morgan fingerprint density at radius 3 is 1.87 bits per heavy atom. The molecule has 0 radical (unpaired) electrons. The molecule has 0 aliphatic carbocycles. The van der Waals surface area contributed by atoms with Gasteiger partial charge >= 0.3 is 24.3 Å². The molecule has 0 spiro atoms. The van der Waals surface area contributed by atoms with E-state index in [0.29, 0.717) is 5.69 Å². The molecule has 1 saturated heterocycles. The number of fused-ring (bicyclic) bond motifs is 1. The molecule has 1 fully saturated rings. The molecule has 2 aliphatic rings. The molecule has 2 aromatic rings. The van der Waals surface area contributed by atoms with Gasteiger partial charge in [0.05, 0.1) is 5.69 Å². The molecule has 2 aromatic heterocycles. The Balaban J connectivity index is 0.000000317. The quantitative estimate of drug-likeness (QED) is 0.527. The molecule has 218 valence electrons. The van der Waals surface area contributed by atoms with Crippen molar-refractivity contribution in [1.82, 2.24) is 24.5 Å². The fourth-order valence-corrected chi connectivity index (χ4v) is 4.62. The number of halogens is 6. The molecular formula is C22H27F6N5O5S. The number of carboxylic acids is 2. The Bertz CT molecular complexity index is 1150. The number of likely N-dealkylation sites (N-methyl/N-ethyl adjacent to an activating group) is 1. The number of hydrogen-bond acceptors (Lipinski definition) is 7. The van der Waals surface area contributed by atoms with Crippen molar-refractivity contribution in [1.29, 1.82) is 0 Å². The van der Waals surface area contributed by atoms with Crippen molar-refractivity contribution < 1.29 is 50.9 Å². The topological polar surface area (TPSA) is 119 Å². The molecule has 39 heavy (non-hydrogen) atoms. The molecule has 4 heterocycles. The van der Waals surface area contributed by atoms with Gasteiger partial charge in [-0.25, -0.2) is 9.59 Å². The molecule has 2 aliphatic heterocycles. The number of carboxylic acid groups (broad SMARTS) is 2. The number of alkyl halides is 6. The summed E-state index contributed by atoms with van der Waals surface area (Å²) in [5, 5.41) is 18.8. The number of aliphatic carboxylic acids is 2. The molecule has 0 atom stereocenters. The molecule has 0 bridgehead atoms. The number of rotatable bonds is 3. The average Bonchev–Trinajstić information content (AvgIpc) is 3.50. The first-order valence-electron chi connectivity index (χ1n) is 11.3. The van der Waals surface area contributed by atoms with Crippen LogP contribution in [0, 0.1) is 6.92 Å². The number of nitrogens with zero attached hydrogens (tertiary/aromatic N) is 5. The third-order valence-electron chi connectivity index (χ3n) is 5.68. The monoisotopic (exact) mass is 587 g/mol. The van der Waals surface area contributed by atoms with E-state index < -0.39 is 24.3 Å². The third kappa shape index (κ3) is 9.21. The summed E-state index contributed by atoms with van der Waals surface area (Å²) in [4.78, 5) is 40.1. The normalized spacial score (nSPS) is 16.1. The minimum Gasteiger partial charge on any atom is -0.475 e. The van der Waals surface area contributed by atoms with Gasteiger partial charge in [0.1, 0.15) is 0 Å². The van der Waals surface area contributed by atoms with Crippen LogP contribution in [0.1, 0.15) is 31.5 Å². The van der Waals surface area contributed by atoms with Crippen LogP contribution < -0.4 is 0 Å². The van der Waals surface area contributed by atoms with Crippen LogP contribution in [-0.4, -0.2) is 98.1 Å². The van der Waals surface area contributed by atoms with Crippen molar-refractivity contribution >= 4 is 29.2 Å². The van der Waals surface area contributed by atoms with Crippen LogP contribution in [0.5, 0.6) is 0 Å². The molecule has 17 heteroatoms. The van der Waals surface area contributed by atoms with E-state index in [9.17, 15) is 31.1 Å². The lowest BCUT2D eigenvalue weighted by Crippen LogP contribution is -2.47. The fourth-order valence-electron chi connectivity index (χ4n) is 3.69. The SMILES string of the molecule is Cc1ccc(CN2Cc3c(C(=O)N4CCN(C)CC4)nn(C)c3C2)s1.O=C(O)C(F)(F)F.O=C(O)C(F)(F)F. The van der Waals surface area contributed by atoms with E-state index in [0.717, 1.165) is 51.4 Å². The summed E-state index contributed by atoms with van der Waals surface area (Å²) in [6.07, 6.45) is -10.2. The zero-order valence-electron chi connectivity index (χ0n) is 21.1. The van der Waals surface area contributed by atoms with Crippen LogP contribution in [0.4, 0.5) is 26.3 Å². The van der Waals surface area contributed by atoms with Crippen molar-refractivity contribution in [3.63, 3.8) is 0 Å². The van der Waals surface area contributed by atoms with Gasteiger partial charge < -0.3 is 20.0 Å². The summed E-state index contributed by atoms with van der Waals surface area (Å²) in [7, 11) is 4.06. The number of aryl methyl sites for hydroxylation is 2. The average molecular weight is 588 g/mol. The third-order valence-corrected chi connectivity index (χ3v) is 6.67. The van der Waals surface area contributed by atoms with E-state index in [-0.39, 0.29) is 5.91 Å². The highest BCUT2D eigenvalue weighted by molar-refractivity contribution is 7.11. The Hall–Kier alpha value is -3.18. The summed E-state index contributed by atoms with van der Waals surface area (Å²) in [6.45, 7) is 8.21. The van der Waals surface area contributed by atoms with Gasteiger partial charge in [-0.05, 0) is 26.1 Å². The number of piperazine rings is 1. The van der Waals surface area contributed by atoms with Crippen molar-refractivity contribution in [2.45, 2.75) is 38.9 Å². The maximum Gasteiger partial charge on any atom is 0.490 e. The predicted octanol–water partition coefficient (Wildman–Crippen LogP) is 2.96. The Labute approximate surface area is 223 Å². The number of amides is 1. The zero-order valence-corrected chi connectivity index (χ0v) is 22.0. The molecule has 0 saturated carbocycles. The van der Waals surface area contributed by atoms with Crippen LogP contribution in [-0.2, 0) is 36.3 Å². The first kappa shape index (κ1) is 32.0. The Kier molecular flexibility index (Phi) is 10.5. The number of hydrogen-bond donors (Lipinski definition) is 2. The van der Waals surface area contributed by atoms with Gasteiger partial charge in [0, 0.05) is 68.2 Å². The lowest BCUT2D eigenvalue weighted by molar-refractivity contribution is -0.193. The van der Waals surface area contributed by atoms with Gasteiger partial charge in [0.2, 0.25) is 0 Å². The van der Waals surface area contributed by atoms with E-state index in [1.54, 1.807) is 0 Å². The number of thiophene rings is 1. The zero-order chi connectivity index (χ0) is 29.7. The predicted molar refractivity (Wildman–Crippen MR) is 126 cm³/mol. The second-order valence-electron chi connectivity index (χ2n) is 8.76. The molecule has 2 N–H and O–H groups in total. The van der Waals surface area contributed by atoms with E-state index in [4.69, 9.17) is 19.8 Å². The van der Waals surface area contributed by atoms with Gasteiger partial charge in [-0.1, -0.05) is 0 Å². The molecule has 10 nitrogen and oxygen atoms in total. The van der Waals surface area contributed by atoms with Crippen LogP contribution >= 0.6 is 11.3 Å². The largest absolute Gasteiger partial charge is 0.490 e. The molecule has 4 rings (SSSR count). The summed E-state index contributed by atoms with van der Waals surface area (Å²) in [6, 6.07) is 4.38. The fraction of sp³-hybridized carbons (Fsp3) is 0.545. The molecule has 1 amide bonds. The van der Waals surface area contributed by atoms with Crippen molar-refractivity contribution in [3.05, 3.63) is 38.8 Å². The van der Waals surface area contributed by atoms with Gasteiger partial charge in [0.25, 0.3) is 5.91 Å². The highest BCUT2D eigenvalue weighted by Gasteiger charge is 2.39. The number of aromatic nitrogens is 2. The van der Waals surface area contributed by atoms with Crippen molar-refractivity contribution in [2.75, 3.05) is 33.2 Å². The van der Waals surface area contributed by atoms with Crippen molar-refractivity contribution in [2.24, 2.45) is 7.05 Å². The number of carbonyl (C=O) groups is 3. The second kappa shape index (κ2) is 12.8. The molecular weight excluding hydrogens is 560 g/mol. The highest BCUT2D eigenvalue weighted by atomic mass is 32.1. The Morgan fingerprint density at radius 2 is 1.44 bits per heavy atom. The summed E-state index contributed by atoms with van der Waals surface area (Å²) >= 11 is 1.85. The Morgan fingerprint density at radius 1 is 0.923 bits per heavy atom. The number of carbonyl (C=O) groups excluding carboxylic acids is 1. The van der Waals surface area contributed by atoms with Crippen LogP contribution in [0.25, 0.3) is 0 Å². The highest BCUT2D eigenvalue weighted by Crippen LogP contribution is 2.29. The van der Waals surface area contributed by atoms with E-state index in [1.165, 1.54) is 15.4 Å². The first-order chi connectivity index (χ1) is 17.9. The van der Waals surface area contributed by atoms with Gasteiger partial charge in [-0.15, -0.1) is 11.3 Å². The van der Waals surface area contributed by atoms with E-state index >= 15 is 0 Å². The summed E-state index contributed by atoms with van der Waals surface area (Å²) in [5.74, 6) is -5.42. The van der Waals surface area contributed by atoms with Crippen LogP contribution in [0.2, 0.25) is 0 Å². The van der Waals surface area contributed by atoms with E-state index in [2.05, 4.69) is 41.0 Å². The van der Waals surface area contributed by atoms with Crippen LogP contribution in [0.15, 0.2) is 12.1 Å². The summed E-state index contributed by atoms with van der Waals surface area (Å²) in [5.41, 5.74) is 2.97. The second-order valence-corrected chi connectivity index (χ2v) is 10.1. The van der Waals surface area contributed by atoms with Gasteiger partial charge in [-0.3, -0.25) is 14.4 Å². The van der Waals surface area contributed by atoms with E-state index in [1.807, 2.05) is 28.0 Å². The van der Waals surface area contributed by atoms with Gasteiger partial charge in [0.15, 0.2) is 5.69 Å². The summed E-state index contributed by atoms with van der Waals surface area (Å²) < 4.78 is 65.4.